The van der Waals surface area contributed by atoms with E-state index in [1.807, 2.05) is 55.8 Å². The number of hydrogen-bond acceptors (Lipinski definition) is 4. The van der Waals surface area contributed by atoms with Gasteiger partial charge in [0.2, 0.25) is 0 Å². The van der Waals surface area contributed by atoms with Crippen LogP contribution in [0.3, 0.4) is 0 Å². The maximum atomic E-state index is 6.07. The van der Waals surface area contributed by atoms with Crippen LogP contribution in [0.25, 0.3) is 0 Å². The second-order valence-electron chi connectivity index (χ2n) is 6.11. The molecule has 0 aliphatic rings. The normalized spacial score (nSPS) is 12.2. The molecule has 27 heavy (non-hydrogen) atoms. The number of thioether (sulfide) groups is 1. The molecule has 0 bridgehead atoms. The van der Waals surface area contributed by atoms with Gasteiger partial charge in [0, 0.05) is 17.8 Å². The molecule has 3 aromatic rings. The Bertz CT molecular complexity index is 961. The number of rotatable bonds is 6. The molecular formula is C19H18Cl3N3OS. The topological polar surface area (TPSA) is 39.9 Å². The van der Waals surface area contributed by atoms with Gasteiger partial charge in [0.05, 0.1) is 10.0 Å². The molecule has 0 saturated carbocycles. The van der Waals surface area contributed by atoms with E-state index in [2.05, 4.69) is 10.2 Å². The molecule has 1 unspecified atom stereocenters. The quantitative estimate of drug-likeness (QED) is 0.408. The van der Waals surface area contributed by atoms with Crippen LogP contribution in [0.4, 0.5) is 0 Å². The van der Waals surface area contributed by atoms with E-state index in [-0.39, 0.29) is 6.10 Å². The molecule has 3 rings (SSSR count). The van der Waals surface area contributed by atoms with E-state index >= 15 is 0 Å². The molecule has 0 radical (unpaired) electrons. The summed E-state index contributed by atoms with van der Waals surface area (Å²) in [5.41, 5.74) is 2.05. The van der Waals surface area contributed by atoms with Gasteiger partial charge < -0.3 is 9.30 Å². The van der Waals surface area contributed by atoms with E-state index in [4.69, 9.17) is 39.5 Å². The average molecular weight is 443 g/mol. The van der Waals surface area contributed by atoms with Gasteiger partial charge >= 0.3 is 0 Å². The molecule has 142 valence electrons. The Morgan fingerprint density at radius 3 is 2.56 bits per heavy atom. The molecule has 0 aliphatic carbocycles. The highest BCUT2D eigenvalue weighted by atomic mass is 35.5. The van der Waals surface area contributed by atoms with Crippen molar-refractivity contribution in [3.63, 3.8) is 0 Å². The summed E-state index contributed by atoms with van der Waals surface area (Å²) in [7, 11) is 1.93. The van der Waals surface area contributed by atoms with Crippen molar-refractivity contribution in [1.29, 1.82) is 0 Å². The maximum Gasteiger partial charge on any atom is 0.191 e. The molecular weight excluding hydrogens is 425 g/mol. The standard InChI is InChI=1S/C19H18Cl3N3OS/c1-11-8-14(20)5-7-17(11)26-12(2)18-23-24-19(25(18)3)27-10-13-4-6-15(21)16(22)9-13/h4-9,12H,10H2,1-3H3. The van der Waals surface area contributed by atoms with Crippen molar-refractivity contribution in [2.45, 2.75) is 30.9 Å². The predicted molar refractivity (Wildman–Crippen MR) is 112 cm³/mol. The Hall–Kier alpha value is -1.40. The van der Waals surface area contributed by atoms with Gasteiger partial charge in [-0.05, 0) is 55.3 Å². The van der Waals surface area contributed by atoms with Crippen LogP contribution in [0, 0.1) is 6.92 Å². The summed E-state index contributed by atoms with van der Waals surface area (Å²) in [4.78, 5) is 0. The lowest BCUT2D eigenvalue weighted by molar-refractivity contribution is 0.210. The number of nitrogens with zero attached hydrogens (tertiary/aromatic N) is 3. The van der Waals surface area contributed by atoms with Gasteiger partial charge in [-0.15, -0.1) is 10.2 Å². The van der Waals surface area contributed by atoms with Crippen LogP contribution in [-0.2, 0) is 12.8 Å². The summed E-state index contributed by atoms with van der Waals surface area (Å²) >= 11 is 19.6. The number of aromatic nitrogens is 3. The van der Waals surface area contributed by atoms with Crippen molar-refractivity contribution >= 4 is 46.6 Å². The minimum absolute atomic E-state index is 0.248. The first-order chi connectivity index (χ1) is 12.8. The lowest BCUT2D eigenvalue weighted by atomic mass is 10.2. The fraction of sp³-hybridized carbons (Fsp3) is 0.263. The van der Waals surface area contributed by atoms with E-state index in [9.17, 15) is 0 Å². The second-order valence-corrected chi connectivity index (χ2v) is 8.30. The summed E-state index contributed by atoms with van der Waals surface area (Å²) in [6.45, 7) is 3.91. The Morgan fingerprint density at radius 2 is 1.85 bits per heavy atom. The molecule has 0 aliphatic heterocycles. The first-order valence-electron chi connectivity index (χ1n) is 8.24. The molecule has 1 aromatic heterocycles. The third-order valence-electron chi connectivity index (χ3n) is 4.02. The fourth-order valence-corrected chi connectivity index (χ4v) is 3.98. The number of ether oxygens (including phenoxy) is 1. The van der Waals surface area contributed by atoms with Gasteiger partial charge in [-0.2, -0.15) is 0 Å². The molecule has 0 N–H and O–H groups in total. The average Bonchev–Trinajstić information content (AvgIpc) is 2.99. The SMILES string of the molecule is Cc1cc(Cl)ccc1OC(C)c1nnc(SCc2ccc(Cl)c(Cl)c2)n1C. The highest BCUT2D eigenvalue weighted by Crippen LogP contribution is 2.30. The van der Waals surface area contributed by atoms with Crippen molar-refractivity contribution < 1.29 is 4.74 Å². The first-order valence-corrected chi connectivity index (χ1v) is 10.4. The van der Waals surface area contributed by atoms with Crippen molar-refractivity contribution in [2.24, 2.45) is 7.05 Å². The fourth-order valence-electron chi connectivity index (χ4n) is 2.57. The third-order valence-corrected chi connectivity index (χ3v) is 6.09. The Morgan fingerprint density at radius 1 is 1.07 bits per heavy atom. The Balaban J connectivity index is 1.69. The van der Waals surface area contributed by atoms with Crippen LogP contribution in [-0.4, -0.2) is 14.8 Å². The summed E-state index contributed by atoms with van der Waals surface area (Å²) in [5, 5.41) is 11.2. The predicted octanol–water partition coefficient (Wildman–Crippen LogP) is 6.52. The lowest BCUT2D eigenvalue weighted by Gasteiger charge is -2.16. The summed E-state index contributed by atoms with van der Waals surface area (Å²) in [6.07, 6.45) is -0.248. The number of aryl methyl sites for hydroxylation is 1. The van der Waals surface area contributed by atoms with Crippen molar-refractivity contribution in [2.75, 3.05) is 0 Å². The van der Waals surface area contributed by atoms with Gasteiger partial charge in [-0.25, -0.2) is 0 Å². The molecule has 2 aromatic carbocycles. The van der Waals surface area contributed by atoms with E-state index in [1.165, 1.54) is 0 Å². The zero-order valence-electron chi connectivity index (χ0n) is 15.0. The smallest absolute Gasteiger partial charge is 0.191 e. The van der Waals surface area contributed by atoms with Gasteiger partial charge in [-0.3, -0.25) is 0 Å². The lowest BCUT2D eigenvalue weighted by Crippen LogP contribution is -2.10. The molecule has 0 spiro atoms. The van der Waals surface area contributed by atoms with E-state index in [1.54, 1.807) is 17.8 Å². The van der Waals surface area contributed by atoms with Gasteiger partial charge in [0.25, 0.3) is 0 Å². The highest BCUT2D eigenvalue weighted by molar-refractivity contribution is 7.98. The number of halogens is 3. The molecule has 4 nitrogen and oxygen atoms in total. The molecule has 0 amide bonds. The molecule has 1 heterocycles. The van der Waals surface area contributed by atoms with Crippen LogP contribution in [0.5, 0.6) is 5.75 Å². The molecule has 1 atom stereocenters. The van der Waals surface area contributed by atoms with Crippen LogP contribution in [0.15, 0.2) is 41.6 Å². The zero-order chi connectivity index (χ0) is 19.6. The first kappa shape index (κ1) is 20.3. The van der Waals surface area contributed by atoms with Crippen LogP contribution >= 0.6 is 46.6 Å². The largest absolute Gasteiger partial charge is 0.482 e. The number of hydrogen-bond donors (Lipinski definition) is 0. The van der Waals surface area contributed by atoms with Crippen LogP contribution in [0.1, 0.15) is 30.0 Å². The molecule has 0 fully saturated rings. The molecule has 8 heteroatoms. The van der Waals surface area contributed by atoms with E-state index in [0.717, 1.165) is 27.9 Å². The van der Waals surface area contributed by atoms with E-state index < -0.39 is 0 Å². The van der Waals surface area contributed by atoms with E-state index in [0.29, 0.717) is 20.8 Å². The maximum absolute atomic E-state index is 6.07. The summed E-state index contributed by atoms with van der Waals surface area (Å²) in [5.74, 6) is 2.25. The summed E-state index contributed by atoms with van der Waals surface area (Å²) in [6, 6.07) is 11.2. The second kappa shape index (κ2) is 8.74. The van der Waals surface area contributed by atoms with Crippen molar-refractivity contribution in [3.8, 4) is 5.75 Å². The van der Waals surface area contributed by atoms with Crippen molar-refractivity contribution in [3.05, 3.63) is 68.4 Å². The minimum Gasteiger partial charge on any atom is -0.482 e. The van der Waals surface area contributed by atoms with Crippen LogP contribution in [0.2, 0.25) is 15.1 Å². The zero-order valence-corrected chi connectivity index (χ0v) is 18.1. The van der Waals surface area contributed by atoms with Crippen LogP contribution < -0.4 is 4.74 Å². The summed E-state index contributed by atoms with van der Waals surface area (Å²) < 4.78 is 7.99. The minimum atomic E-state index is -0.248. The van der Waals surface area contributed by atoms with Crippen molar-refractivity contribution in [1.82, 2.24) is 14.8 Å². The number of benzene rings is 2. The Kier molecular flexibility index (Phi) is 6.58. The highest BCUT2D eigenvalue weighted by Gasteiger charge is 2.18. The Labute approximate surface area is 177 Å². The van der Waals surface area contributed by atoms with Gasteiger partial charge in [-0.1, -0.05) is 52.6 Å². The van der Waals surface area contributed by atoms with Gasteiger partial charge in [0.15, 0.2) is 17.1 Å². The van der Waals surface area contributed by atoms with Gasteiger partial charge in [0.1, 0.15) is 5.75 Å². The third kappa shape index (κ3) is 4.91. The monoisotopic (exact) mass is 441 g/mol. The molecule has 0 saturated heterocycles.